The van der Waals surface area contributed by atoms with Crippen LogP contribution in [0.4, 0.5) is 5.82 Å². The van der Waals surface area contributed by atoms with Crippen LogP contribution in [-0.4, -0.2) is 24.0 Å². The lowest BCUT2D eigenvalue weighted by atomic mass is 10.2. The van der Waals surface area contributed by atoms with Crippen LogP contribution < -0.4 is 15.8 Å². The molecule has 2 rings (SSSR count). The molecule has 1 amide bonds. The van der Waals surface area contributed by atoms with Gasteiger partial charge in [0.05, 0.1) is 17.2 Å². The molecule has 0 aliphatic rings. The molecule has 1 aromatic carbocycles. The zero-order chi connectivity index (χ0) is 15.1. The molecule has 110 valence electrons. The average molecular weight is 306 g/mol. The standard InChI is InChI=1S/C15H16ClN3O2/c16-13-9-11(10-19-14(13)17)15(20)18-7-4-8-21-12-5-2-1-3-6-12/h1-3,5-6,9-10H,4,7-8H2,(H2,17,19)(H,18,20). The fourth-order valence-corrected chi connectivity index (χ4v) is 1.82. The molecule has 0 unspecified atom stereocenters. The van der Waals surface area contributed by atoms with E-state index in [2.05, 4.69) is 10.3 Å². The van der Waals surface area contributed by atoms with Crippen LogP contribution in [0.1, 0.15) is 16.8 Å². The number of hydrogen-bond donors (Lipinski definition) is 2. The number of amides is 1. The monoisotopic (exact) mass is 305 g/mol. The number of benzene rings is 1. The maximum Gasteiger partial charge on any atom is 0.252 e. The summed E-state index contributed by atoms with van der Waals surface area (Å²) in [6, 6.07) is 11.0. The van der Waals surface area contributed by atoms with Crippen molar-refractivity contribution in [3.63, 3.8) is 0 Å². The maximum absolute atomic E-state index is 11.8. The Hall–Kier alpha value is -2.27. The number of halogens is 1. The number of ether oxygens (including phenoxy) is 1. The van der Waals surface area contributed by atoms with Crippen molar-refractivity contribution in [1.82, 2.24) is 10.3 Å². The Morgan fingerprint density at radius 2 is 2.10 bits per heavy atom. The summed E-state index contributed by atoms with van der Waals surface area (Å²) in [6.07, 6.45) is 2.10. The van der Waals surface area contributed by atoms with Gasteiger partial charge >= 0.3 is 0 Å². The summed E-state index contributed by atoms with van der Waals surface area (Å²) in [5.41, 5.74) is 5.88. The van der Waals surface area contributed by atoms with Gasteiger partial charge in [-0.15, -0.1) is 0 Å². The number of carbonyl (C=O) groups is 1. The topological polar surface area (TPSA) is 77.2 Å². The van der Waals surface area contributed by atoms with E-state index >= 15 is 0 Å². The van der Waals surface area contributed by atoms with Crippen LogP contribution in [-0.2, 0) is 0 Å². The number of pyridine rings is 1. The molecule has 1 aromatic heterocycles. The molecule has 0 fully saturated rings. The summed E-state index contributed by atoms with van der Waals surface area (Å²) < 4.78 is 5.53. The Balaban J connectivity index is 1.71. The Labute approximate surface area is 128 Å². The smallest absolute Gasteiger partial charge is 0.252 e. The van der Waals surface area contributed by atoms with Crippen LogP contribution in [0.3, 0.4) is 0 Å². The number of carbonyl (C=O) groups excluding carboxylic acids is 1. The minimum Gasteiger partial charge on any atom is -0.494 e. The number of hydrogen-bond acceptors (Lipinski definition) is 4. The summed E-state index contributed by atoms with van der Waals surface area (Å²) in [5, 5.41) is 3.05. The minimum atomic E-state index is -0.232. The van der Waals surface area contributed by atoms with Gasteiger partial charge in [-0.05, 0) is 24.6 Å². The van der Waals surface area contributed by atoms with Gasteiger partial charge in [0.1, 0.15) is 11.6 Å². The maximum atomic E-state index is 11.8. The molecule has 3 N–H and O–H groups in total. The van der Waals surface area contributed by atoms with E-state index in [1.807, 2.05) is 30.3 Å². The van der Waals surface area contributed by atoms with Crippen LogP contribution in [0, 0.1) is 0 Å². The quantitative estimate of drug-likeness (QED) is 0.804. The number of para-hydroxylation sites is 1. The summed E-state index contributed by atoms with van der Waals surface area (Å²) in [6.45, 7) is 1.04. The fraction of sp³-hybridized carbons (Fsp3) is 0.200. The van der Waals surface area contributed by atoms with Crippen LogP contribution >= 0.6 is 11.6 Å². The highest BCUT2D eigenvalue weighted by Crippen LogP contribution is 2.16. The molecular formula is C15H16ClN3O2. The van der Waals surface area contributed by atoms with E-state index < -0.39 is 0 Å². The van der Waals surface area contributed by atoms with Gasteiger partial charge in [-0.1, -0.05) is 29.8 Å². The number of rotatable bonds is 6. The highest BCUT2D eigenvalue weighted by molar-refractivity contribution is 6.33. The number of aromatic nitrogens is 1. The molecule has 6 heteroatoms. The molecule has 2 aromatic rings. The first-order chi connectivity index (χ1) is 10.2. The van der Waals surface area contributed by atoms with E-state index in [-0.39, 0.29) is 16.7 Å². The lowest BCUT2D eigenvalue weighted by Crippen LogP contribution is -2.25. The van der Waals surface area contributed by atoms with Crippen molar-refractivity contribution in [3.05, 3.63) is 53.2 Å². The van der Waals surface area contributed by atoms with Crippen molar-refractivity contribution < 1.29 is 9.53 Å². The Kier molecular flexibility index (Phi) is 5.40. The Morgan fingerprint density at radius 3 is 2.81 bits per heavy atom. The van der Waals surface area contributed by atoms with Crippen molar-refractivity contribution in [2.24, 2.45) is 0 Å². The number of nitrogens with two attached hydrogens (primary N) is 1. The van der Waals surface area contributed by atoms with E-state index in [4.69, 9.17) is 22.1 Å². The van der Waals surface area contributed by atoms with E-state index in [0.29, 0.717) is 25.1 Å². The fourth-order valence-electron chi connectivity index (χ4n) is 1.66. The second-order valence-electron chi connectivity index (χ2n) is 4.36. The molecule has 21 heavy (non-hydrogen) atoms. The molecular weight excluding hydrogens is 290 g/mol. The zero-order valence-electron chi connectivity index (χ0n) is 11.4. The largest absolute Gasteiger partial charge is 0.494 e. The predicted molar refractivity (Wildman–Crippen MR) is 82.5 cm³/mol. The third kappa shape index (κ3) is 4.65. The number of nitrogens with one attached hydrogen (secondary N) is 1. The molecule has 0 spiro atoms. The second kappa shape index (κ2) is 7.50. The number of nitrogens with zero attached hydrogens (tertiary/aromatic N) is 1. The van der Waals surface area contributed by atoms with Crippen molar-refractivity contribution >= 4 is 23.3 Å². The first-order valence-electron chi connectivity index (χ1n) is 6.54. The molecule has 5 nitrogen and oxygen atoms in total. The van der Waals surface area contributed by atoms with Gasteiger partial charge in [0.25, 0.3) is 5.91 Å². The SMILES string of the molecule is Nc1ncc(C(=O)NCCCOc2ccccc2)cc1Cl. The van der Waals surface area contributed by atoms with Gasteiger partial charge in [0.2, 0.25) is 0 Å². The first-order valence-corrected chi connectivity index (χ1v) is 6.91. The van der Waals surface area contributed by atoms with Gasteiger partial charge in [-0.2, -0.15) is 0 Å². The lowest BCUT2D eigenvalue weighted by Gasteiger charge is -2.07. The average Bonchev–Trinajstić information content (AvgIpc) is 2.50. The molecule has 0 aliphatic heterocycles. The van der Waals surface area contributed by atoms with Crippen molar-refractivity contribution in [2.45, 2.75) is 6.42 Å². The first kappa shape index (κ1) is 15.1. The van der Waals surface area contributed by atoms with Gasteiger partial charge in [0.15, 0.2) is 0 Å². The normalized spacial score (nSPS) is 10.1. The van der Waals surface area contributed by atoms with Gasteiger partial charge in [-0.25, -0.2) is 4.98 Å². The van der Waals surface area contributed by atoms with Crippen LogP contribution in [0.2, 0.25) is 5.02 Å². The highest BCUT2D eigenvalue weighted by Gasteiger charge is 2.07. The highest BCUT2D eigenvalue weighted by atomic mass is 35.5. The van der Waals surface area contributed by atoms with Crippen LogP contribution in [0.15, 0.2) is 42.6 Å². The molecule has 1 heterocycles. The van der Waals surface area contributed by atoms with Crippen molar-refractivity contribution in [1.29, 1.82) is 0 Å². The van der Waals surface area contributed by atoms with Crippen molar-refractivity contribution in [3.8, 4) is 5.75 Å². The van der Waals surface area contributed by atoms with Crippen LogP contribution in [0.5, 0.6) is 5.75 Å². The van der Waals surface area contributed by atoms with E-state index in [1.54, 1.807) is 0 Å². The van der Waals surface area contributed by atoms with Gasteiger partial charge in [0, 0.05) is 12.7 Å². The van der Waals surface area contributed by atoms with E-state index in [0.717, 1.165) is 5.75 Å². The third-order valence-corrected chi connectivity index (χ3v) is 3.05. The summed E-state index contributed by atoms with van der Waals surface area (Å²) >= 11 is 5.82. The van der Waals surface area contributed by atoms with E-state index in [9.17, 15) is 4.79 Å². The van der Waals surface area contributed by atoms with Gasteiger partial charge < -0.3 is 15.8 Å². The lowest BCUT2D eigenvalue weighted by molar-refractivity contribution is 0.0951. The number of nitrogen functional groups attached to an aromatic ring is 1. The Morgan fingerprint density at radius 1 is 1.33 bits per heavy atom. The second-order valence-corrected chi connectivity index (χ2v) is 4.77. The molecule has 0 aliphatic carbocycles. The summed E-state index contributed by atoms with van der Waals surface area (Å²) in [4.78, 5) is 15.7. The molecule has 0 saturated heterocycles. The number of anilines is 1. The molecule has 0 bridgehead atoms. The predicted octanol–water partition coefficient (Wildman–Crippen LogP) is 2.52. The van der Waals surface area contributed by atoms with E-state index in [1.165, 1.54) is 12.3 Å². The molecule has 0 radical (unpaired) electrons. The zero-order valence-corrected chi connectivity index (χ0v) is 12.1. The summed E-state index contributed by atoms with van der Waals surface area (Å²) in [7, 11) is 0. The van der Waals surface area contributed by atoms with Crippen LogP contribution in [0.25, 0.3) is 0 Å². The third-order valence-electron chi connectivity index (χ3n) is 2.75. The minimum absolute atomic E-state index is 0.212. The Bertz CT molecular complexity index is 605. The van der Waals surface area contributed by atoms with Gasteiger partial charge in [-0.3, -0.25) is 4.79 Å². The molecule has 0 saturated carbocycles. The van der Waals surface area contributed by atoms with Crippen molar-refractivity contribution in [2.75, 3.05) is 18.9 Å². The molecule has 0 atom stereocenters. The summed E-state index contributed by atoms with van der Waals surface area (Å²) in [5.74, 6) is 0.798.